The number of hydrogen-bond acceptors (Lipinski definition) is 5. The highest BCUT2D eigenvalue weighted by molar-refractivity contribution is 7.40. The van der Waals surface area contributed by atoms with E-state index in [2.05, 4.69) is 5.32 Å². The number of benzene rings is 1. The highest BCUT2D eigenvalue weighted by Crippen LogP contribution is 2.33. The van der Waals surface area contributed by atoms with Crippen LogP contribution in [0.2, 0.25) is 0 Å². The van der Waals surface area contributed by atoms with Crippen LogP contribution in [-0.4, -0.2) is 24.3 Å². The molecule has 1 heterocycles. The molecule has 110 valence electrons. The van der Waals surface area contributed by atoms with Crippen LogP contribution in [0.4, 0.5) is 0 Å². The summed E-state index contributed by atoms with van der Waals surface area (Å²) in [5, 5.41) is 3.05. The molecule has 0 radical (unpaired) electrons. The summed E-state index contributed by atoms with van der Waals surface area (Å²) in [6.07, 6.45) is 2.12. The zero-order valence-corrected chi connectivity index (χ0v) is 12.7. The molecule has 1 unspecified atom stereocenters. The smallest absolute Gasteiger partial charge is 0.318 e. The van der Waals surface area contributed by atoms with Crippen LogP contribution in [0.15, 0.2) is 30.3 Å². The largest absolute Gasteiger partial charge is 0.578 e. The van der Waals surface area contributed by atoms with Crippen LogP contribution in [-0.2, 0) is 20.3 Å². The number of hydrogen-bond donors (Lipinski definition) is 2. The Kier molecular flexibility index (Phi) is 7.10. The van der Waals surface area contributed by atoms with E-state index >= 15 is 0 Å². The van der Waals surface area contributed by atoms with E-state index in [-0.39, 0.29) is 18.2 Å². The zero-order chi connectivity index (χ0) is 13.7. The summed E-state index contributed by atoms with van der Waals surface area (Å²) < 4.78 is 16.8. The lowest BCUT2D eigenvalue weighted by atomic mass is 10.1. The molecule has 1 aliphatic rings. The third-order valence-electron chi connectivity index (χ3n) is 3.07. The molecule has 7 heteroatoms. The molecule has 3 N–H and O–H groups in total. The van der Waals surface area contributed by atoms with Gasteiger partial charge >= 0.3 is 14.0 Å². The van der Waals surface area contributed by atoms with Crippen LogP contribution in [0.3, 0.4) is 0 Å². The van der Waals surface area contributed by atoms with Gasteiger partial charge in [-0.15, -0.1) is 12.4 Å². The van der Waals surface area contributed by atoms with Gasteiger partial charge in [0.15, 0.2) is 0 Å². The van der Waals surface area contributed by atoms with Crippen molar-refractivity contribution in [3.63, 3.8) is 0 Å². The lowest BCUT2D eigenvalue weighted by molar-refractivity contribution is -0.135. The number of carbonyl (C=O) groups excluding carboxylic acids is 1. The summed E-state index contributed by atoms with van der Waals surface area (Å²) in [6.45, 7) is 0.819. The van der Waals surface area contributed by atoms with Gasteiger partial charge in [0, 0.05) is 6.42 Å². The summed E-state index contributed by atoms with van der Waals surface area (Å²) >= 11 is 0. The summed E-state index contributed by atoms with van der Waals surface area (Å²) in [5.74, 6) is -0.818. The summed E-state index contributed by atoms with van der Waals surface area (Å²) in [6, 6.07) is 8.68. The van der Waals surface area contributed by atoms with Crippen molar-refractivity contribution in [2.75, 3.05) is 6.54 Å². The van der Waals surface area contributed by atoms with Gasteiger partial charge in [-0.05, 0) is 29.5 Å². The molecule has 5 nitrogen and oxygen atoms in total. The van der Waals surface area contributed by atoms with Crippen molar-refractivity contribution in [3.8, 4) is 0 Å². The number of halogens is 1. The minimum absolute atomic E-state index is 0. The first-order valence-corrected chi connectivity index (χ1v) is 7.62. The SMILES string of the molecule is Cl.N[C@@H](Cc1ccccc1)C(=O)O[P+](=O)[C@@H]1CCCN1. The fraction of sp³-hybridized carbons (Fsp3) is 0.462. The molecule has 1 aromatic rings. The lowest BCUT2D eigenvalue weighted by Gasteiger charge is -2.06. The van der Waals surface area contributed by atoms with Gasteiger partial charge in [0.2, 0.25) is 5.78 Å². The highest BCUT2D eigenvalue weighted by Gasteiger charge is 2.39. The van der Waals surface area contributed by atoms with Crippen molar-refractivity contribution in [2.24, 2.45) is 5.73 Å². The standard InChI is InChI=1S/C13H18N2O3P.ClH/c14-11(9-10-5-2-1-3-6-10)13(16)18-19(17)12-7-4-8-15-12;/h1-3,5-6,11-12,15H,4,7-9,14H2;1H/q+1;/t11-,12+;/m0./s1. The van der Waals surface area contributed by atoms with E-state index in [0.29, 0.717) is 6.42 Å². The number of nitrogens with one attached hydrogen (secondary N) is 1. The summed E-state index contributed by atoms with van der Waals surface area (Å²) in [7, 11) is -2.02. The molecule has 0 spiro atoms. The summed E-state index contributed by atoms with van der Waals surface area (Å²) in [5.41, 5.74) is 6.73. The van der Waals surface area contributed by atoms with E-state index in [1.54, 1.807) is 0 Å². The Morgan fingerprint density at radius 3 is 2.75 bits per heavy atom. The van der Waals surface area contributed by atoms with Crippen LogP contribution in [0.25, 0.3) is 0 Å². The van der Waals surface area contributed by atoms with Gasteiger partial charge in [0.25, 0.3) is 0 Å². The maximum Gasteiger partial charge on any atom is 0.578 e. The monoisotopic (exact) mass is 317 g/mol. The molecule has 2 rings (SSSR count). The van der Waals surface area contributed by atoms with Gasteiger partial charge in [-0.2, -0.15) is 0 Å². The highest BCUT2D eigenvalue weighted by atomic mass is 35.5. The van der Waals surface area contributed by atoms with E-state index in [0.717, 1.165) is 24.9 Å². The normalized spacial score (nSPS) is 19.9. The zero-order valence-electron chi connectivity index (χ0n) is 11.0. The van der Waals surface area contributed by atoms with Gasteiger partial charge in [-0.1, -0.05) is 30.3 Å². The molecule has 1 aliphatic heterocycles. The van der Waals surface area contributed by atoms with E-state index in [1.807, 2.05) is 30.3 Å². The number of nitrogens with two attached hydrogens (primary N) is 1. The number of rotatable bonds is 5. The maximum atomic E-state index is 11.8. The topological polar surface area (TPSA) is 81.4 Å². The van der Waals surface area contributed by atoms with Crippen molar-refractivity contribution < 1.29 is 13.9 Å². The number of carbonyl (C=O) groups is 1. The first-order valence-electron chi connectivity index (χ1n) is 6.38. The van der Waals surface area contributed by atoms with Gasteiger partial charge in [-0.25, -0.2) is 9.32 Å². The average Bonchev–Trinajstić information content (AvgIpc) is 2.93. The van der Waals surface area contributed by atoms with E-state index in [1.165, 1.54) is 0 Å². The minimum Gasteiger partial charge on any atom is -0.318 e. The van der Waals surface area contributed by atoms with Crippen molar-refractivity contribution >= 4 is 26.4 Å². The molecular formula is C13H19ClN2O3P+. The first-order chi connectivity index (χ1) is 9.16. The van der Waals surface area contributed by atoms with Crippen LogP contribution in [0.1, 0.15) is 18.4 Å². The minimum atomic E-state index is -2.02. The molecule has 1 fully saturated rings. The quantitative estimate of drug-likeness (QED) is 0.811. The molecule has 0 saturated carbocycles. The maximum absolute atomic E-state index is 11.8. The van der Waals surface area contributed by atoms with Crippen LogP contribution >= 0.6 is 20.4 Å². The lowest BCUT2D eigenvalue weighted by Crippen LogP contribution is -2.34. The van der Waals surface area contributed by atoms with E-state index < -0.39 is 20.0 Å². The molecule has 0 aromatic heterocycles. The van der Waals surface area contributed by atoms with E-state index in [4.69, 9.17) is 10.3 Å². The fourth-order valence-corrected chi connectivity index (χ4v) is 3.13. The van der Waals surface area contributed by atoms with Crippen molar-refractivity contribution in [2.45, 2.75) is 31.1 Å². The first kappa shape index (κ1) is 17.1. The summed E-state index contributed by atoms with van der Waals surface area (Å²) in [4.78, 5) is 11.8. The average molecular weight is 318 g/mol. The second-order valence-corrected chi connectivity index (χ2v) is 5.98. The van der Waals surface area contributed by atoms with Crippen molar-refractivity contribution in [1.29, 1.82) is 0 Å². The van der Waals surface area contributed by atoms with E-state index in [9.17, 15) is 9.36 Å². The molecule has 1 saturated heterocycles. The molecule has 0 amide bonds. The Bertz CT molecular complexity index is 452. The van der Waals surface area contributed by atoms with Crippen molar-refractivity contribution in [3.05, 3.63) is 35.9 Å². The second-order valence-electron chi connectivity index (χ2n) is 4.60. The predicted octanol–water partition coefficient (Wildman–Crippen LogP) is 1.97. The van der Waals surface area contributed by atoms with Crippen LogP contribution in [0.5, 0.6) is 0 Å². The molecular weight excluding hydrogens is 299 g/mol. The second kappa shape index (κ2) is 8.32. The Balaban J connectivity index is 0.00000200. The molecule has 3 atom stereocenters. The van der Waals surface area contributed by atoms with Gasteiger partial charge < -0.3 is 5.73 Å². The molecule has 1 aromatic carbocycles. The van der Waals surface area contributed by atoms with Crippen molar-refractivity contribution in [1.82, 2.24) is 5.32 Å². The third-order valence-corrected chi connectivity index (χ3v) is 4.38. The van der Waals surface area contributed by atoms with Gasteiger partial charge in [0.05, 0.1) is 0 Å². The van der Waals surface area contributed by atoms with Crippen LogP contribution in [0, 0.1) is 0 Å². The molecule has 0 bridgehead atoms. The molecule has 0 aliphatic carbocycles. The third kappa shape index (κ3) is 4.84. The Labute approximate surface area is 125 Å². The van der Waals surface area contributed by atoms with Crippen LogP contribution < -0.4 is 11.1 Å². The van der Waals surface area contributed by atoms with Gasteiger partial charge in [-0.3, -0.25) is 5.32 Å². The Morgan fingerprint density at radius 2 is 2.15 bits per heavy atom. The Hall–Kier alpha value is -1.00. The predicted molar refractivity (Wildman–Crippen MR) is 80.1 cm³/mol. The fourth-order valence-electron chi connectivity index (χ4n) is 2.02. The molecule has 20 heavy (non-hydrogen) atoms. The Morgan fingerprint density at radius 1 is 1.45 bits per heavy atom. The van der Waals surface area contributed by atoms with Gasteiger partial charge in [0.1, 0.15) is 6.04 Å².